The fourth-order valence-electron chi connectivity index (χ4n) is 2.80. The Balaban J connectivity index is 1.45. The van der Waals surface area contributed by atoms with Crippen molar-refractivity contribution in [3.05, 3.63) is 52.2 Å². The predicted octanol–water partition coefficient (Wildman–Crippen LogP) is 2.73. The molecule has 1 saturated carbocycles. The first-order chi connectivity index (χ1) is 13.5. The van der Waals surface area contributed by atoms with Crippen LogP contribution >= 0.6 is 11.3 Å². The number of rotatable bonds is 9. The molecule has 0 aliphatic heterocycles. The summed E-state index contributed by atoms with van der Waals surface area (Å²) in [6.45, 7) is 3.63. The van der Waals surface area contributed by atoms with Gasteiger partial charge in [-0.3, -0.25) is 4.99 Å². The monoisotopic (exact) mass is 420 g/mol. The van der Waals surface area contributed by atoms with Gasteiger partial charge in [0.2, 0.25) is 10.0 Å². The molecule has 1 unspecified atom stereocenters. The van der Waals surface area contributed by atoms with E-state index in [0.717, 1.165) is 37.3 Å². The maximum Gasteiger partial charge on any atom is 0.240 e. The van der Waals surface area contributed by atoms with E-state index in [-0.39, 0.29) is 6.04 Å². The average Bonchev–Trinajstić information content (AvgIpc) is 3.33. The quantitative estimate of drug-likeness (QED) is 0.430. The summed E-state index contributed by atoms with van der Waals surface area (Å²) < 4.78 is 27.1. The Bertz CT molecular complexity index is 873. The van der Waals surface area contributed by atoms with Gasteiger partial charge in [0.1, 0.15) is 0 Å². The van der Waals surface area contributed by atoms with Crippen LogP contribution in [0.25, 0.3) is 0 Å². The normalized spacial score (nSPS) is 16.0. The SMILES string of the molecule is CN=C(NCc1ccc(S(=O)(=O)NC2CC2)cc1)NCC(C)Cc1cccs1. The smallest absolute Gasteiger partial charge is 0.240 e. The van der Waals surface area contributed by atoms with Crippen molar-refractivity contribution >= 4 is 27.3 Å². The topological polar surface area (TPSA) is 82.6 Å². The minimum Gasteiger partial charge on any atom is -0.356 e. The van der Waals surface area contributed by atoms with Gasteiger partial charge in [-0.05, 0) is 54.3 Å². The van der Waals surface area contributed by atoms with Crippen molar-refractivity contribution in [2.75, 3.05) is 13.6 Å². The minimum absolute atomic E-state index is 0.114. The molecule has 6 nitrogen and oxygen atoms in total. The van der Waals surface area contributed by atoms with E-state index in [1.807, 2.05) is 12.1 Å². The van der Waals surface area contributed by atoms with Crippen molar-refractivity contribution < 1.29 is 8.42 Å². The van der Waals surface area contributed by atoms with Gasteiger partial charge in [-0.25, -0.2) is 13.1 Å². The van der Waals surface area contributed by atoms with E-state index in [0.29, 0.717) is 17.4 Å². The molecule has 8 heteroatoms. The number of benzene rings is 1. The molecular weight excluding hydrogens is 392 g/mol. The molecule has 1 heterocycles. The number of nitrogens with zero attached hydrogens (tertiary/aromatic N) is 1. The molecule has 1 aromatic heterocycles. The number of aliphatic imine (C=N–C) groups is 1. The van der Waals surface area contributed by atoms with Gasteiger partial charge in [0.05, 0.1) is 4.90 Å². The lowest BCUT2D eigenvalue weighted by Gasteiger charge is -2.16. The lowest BCUT2D eigenvalue weighted by Crippen LogP contribution is -2.39. The van der Waals surface area contributed by atoms with Gasteiger partial charge in [-0.1, -0.05) is 25.1 Å². The Labute approximate surface area is 171 Å². The molecule has 0 spiro atoms. The number of thiophene rings is 1. The second-order valence-corrected chi connectivity index (χ2v) is 9.98. The minimum atomic E-state index is -3.40. The summed E-state index contributed by atoms with van der Waals surface area (Å²) in [5.41, 5.74) is 1.000. The summed E-state index contributed by atoms with van der Waals surface area (Å²) in [7, 11) is -1.65. The molecule has 2 aromatic rings. The van der Waals surface area contributed by atoms with Crippen LogP contribution in [0.2, 0.25) is 0 Å². The molecule has 28 heavy (non-hydrogen) atoms. The van der Waals surface area contributed by atoms with E-state index in [9.17, 15) is 8.42 Å². The molecule has 3 N–H and O–H groups in total. The van der Waals surface area contributed by atoms with Crippen LogP contribution in [-0.4, -0.2) is 34.0 Å². The van der Waals surface area contributed by atoms with Crippen molar-refractivity contribution in [1.29, 1.82) is 0 Å². The Morgan fingerprint density at radius 1 is 1.21 bits per heavy atom. The molecule has 1 aliphatic rings. The third-order valence-electron chi connectivity index (χ3n) is 4.56. The maximum absolute atomic E-state index is 12.2. The van der Waals surface area contributed by atoms with Crippen LogP contribution in [0.1, 0.15) is 30.2 Å². The highest BCUT2D eigenvalue weighted by atomic mass is 32.2. The average molecular weight is 421 g/mol. The number of guanidine groups is 1. The number of hydrogen-bond acceptors (Lipinski definition) is 4. The van der Waals surface area contributed by atoms with Gasteiger partial charge in [0, 0.05) is 31.1 Å². The second-order valence-electron chi connectivity index (χ2n) is 7.23. The summed E-state index contributed by atoms with van der Waals surface area (Å²) in [4.78, 5) is 5.96. The zero-order valence-electron chi connectivity index (χ0n) is 16.3. The Morgan fingerprint density at radius 3 is 2.57 bits per heavy atom. The zero-order valence-corrected chi connectivity index (χ0v) is 17.9. The van der Waals surface area contributed by atoms with Crippen molar-refractivity contribution in [2.45, 2.75) is 43.7 Å². The van der Waals surface area contributed by atoms with E-state index >= 15 is 0 Å². The summed E-state index contributed by atoms with van der Waals surface area (Å²) in [5.74, 6) is 1.24. The Kier molecular flexibility index (Phi) is 7.09. The largest absolute Gasteiger partial charge is 0.356 e. The van der Waals surface area contributed by atoms with Crippen LogP contribution in [0.4, 0.5) is 0 Å². The van der Waals surface area contributed by atoms with Crippen LogP contribution in [0.3, 0.4) is 0 Å². The molecule has 0 radical (unpaired) electrons. The Hall–Kier alpha value is -1.90. The van der Waals surface area contributed by atoms with Gasteiger partial charge < -0.3 is 10.6 Å². The number of hydrogen-bond donors (Lipinski definition) is 3. The van der Waals surface area contributed by atoms with E-state index in [1.54, 1.807) is 30.5 Å². The lowest BCUT2D eigenvalue weighted by molar-refractivity contribution is 0.562. The van der Waals surface area contributed by atoms with Gasteiger partial charge in [0.15, 0.2) is 5.96 Å². The van der Waals surface area contributed by atoms with Crippen LogP contribution in [0.5, 0.6) is 0 Å². The highest BCUT2D eigenvalue weighted by Crippen LogP contribution is 2.22. The highest BCUT2D eigenvalue weighted by Gasteiger charge is 2.27. The summed E-state index contributed by atoms with van der Waals surface area (Å²) in [6.07, 6.45) is 2.91. The van der Waals surface area contributed by atoms with E-state index in [4.69, 9.17) is 0 Å². The second kappa shape index (κ2) is 9.54. The van der Waals surface area contributed by atoms with E-state index in [2.05, 4.69) is 44.8 Å². The number of sulfonamides is 1. The molecule has 1 atom stereocenters. The molecule has 1 aromatic carbocycles. The molecule has 0 amide bonds. The van der Waals surface area contributed by atoms with Crippen molar-refractivity contribution in [1.82, 2.24) is 15.4 Å². The van der Waals surface area contributed by atoms with E-state index in [1.165, 1.54) is 4.88 Å². The molecule has 3 rings (SSSR count). The molecule has 1 fully saturated rings. The molecule has 1 aliphatic carbocycles. The first kappa shape index (κ1) is 20.8. The van der Waals surface area contributed by atoms with Crippen molar-refractivity contribution in [3.8, 4) is 0 Å². The maximum atomic E-state index is 12.2. The summed E-state index contributed by atoms with van der Waals surface area (Å²) >= 11 is 1.79. The fraction of sp³-hybridized carbons (Fsp3) is 0.450. The van der Waals surface area contributed by atoms with Gasteiger partial charge in [-0.15, -0.1) is 11.3 Å². The van der Waals surface area contributed by atoms with Gasteiger partial charge in [0.25, 0.3) is 0 Å². The third kappa shape index (κ3) is 6.32. The third-order valence-corrected chi connectivity index (χ3v) is 7.00. The lowest BCUT2D eigenvalue weighted by atomic mass is 10.1. The van der Waals surface area contributed by atoms with Crippen LogP contribution in [-0.2, 0) is 23.0 Å². The fourth-order valence-corrected chi connectivity index (χ4v) is 4.97. The first-order valence-corrected chi connectivity index (χ1v) is 11.9. The predicted molar refractivity (Wildman–Crippen MR) is 115 cm³/mol. The van der Waals surface area contributed by atoms with Crippen LogP contribution in [0.15, 0.2) is 51.7 Å². The Morgan fingerprint density at radius 2 is 1.96 bits per heavy atom. The van der Waals surface area contributed by atoms with Crippen LogP contribution < -0.4 is 15.4 Å². The highest BCUT2D eigenvalue weighted by molar-refractivity contribution is 7.89. The molecular formula is C20H28N4O2S2. The summed E-state index contributed by atoms with van der Waals surface area (Å²) in [5, 5.41) is 8.74. The number of nitrogens with one attached hydrogen (secondary N) is 3. The molecule has 152 valence electrons. The van der Waals surface area contributed by atoms with E-state index < -0.39 is 10.0 Å². The molecule has 0 bridgehead atoms. The van der Waals surface area contributed by atoms with Gasteiger partial charge in [-0.2, -0.15) is 0 Å². The van der Waals surface area contributed by atoms with Crippen LogP contribution in [0, 0.1) is 5.92 Å². The first-order valence-electron chi connectivity index (χ1n) is 9.54. The van der Waals surface area contributed by atoms with Crippen molar-refractivity contribution in [2.24, 2.45) is 10.9 Å². The van der Waals surface area contributed by atoms with Crippen molar-refractivity contribution in [3.63, 3.8) is 0 Å². The summed E-state index contributed by atoms with van der Waals surface area (Å²) in [6, 6.07) is 11.3. The standard InChI is InChI=1S/C20H28N4O2S2/c1-15(12-18-4-3-11-27-18)13-22-20(21-2)23-14-16-5-9-19(10-6-16)28(25,26)24-17-7-8-17/h3-6,9-11,15,17,24H,7-8,12-14H2,1-2H3,(H2,21,22,23). The zero-order chi connectivity index (χ0) is 20.0. The molecule has 0 saturated heterocycles. The van der Waals surface area contributed by atoms with Gasteiger partial charge >= 0.3 is 0 Å².